The zero-order valence-corrected chi connectivity index (χ0v) is 58.4. The number of rotatable bonds is 15. The monoisotopic (exact) mass is 1450 g/mol. The number of furan rings is 1. The molecule has 0 amide bonds. The number of fused-ring (bicyclic) bond motifs is 5. The minimum Gasteiger partial charge on any atom is -0.519 e. The molecule has 12 aromatic carbocycles. The van der Waals surface area contributed by atoms with E-state index in [2.05, 4.69) is 190 Å². The molecule has 0 bridgehead atoms. The molecule has 0 spiro atoms. The van der Waals surface area contributed by atoms with Crippen LogP contribution in [0.3, 0.4) is 0 Å². The van der Waals surface area contributed by atoms with Gasteiger partial charge in [-0.1, -0.05) is 288 Å². The zero-order valence-electron chi connectivity index (χ0n) is 66.1. The van der Waals surface area contributed by atoms with Crippen molar-refractivity contribution in [3.05, 3.63) is 295 Å². The zero-order chi connectivity index (χ0) is 74.8. The van der Waals surface area contributed by atoms with Gasteiger partial charge in [-0.05, 0) is 149 Å². The summed E-state index contributed by atoms with van der Waals surface area (Å²) in [6.45, 7) is 24.2. The minimum absolute atomic E-state index is 0. The van der Waals surface area contributed by atoms with E-state index >= 15 is 0 Å². The average Bonchev–Trinajstić information content (AvgIpc) is 1.63. The van der Waals surface area contributed by atoms with Crippen molar-refractivity contribution in [2.45, 2.75) is 105 Å². The van der Waals surface area contributed by atoms with E-state index in [9.17, 15) is 5.48 Å². The fourth-order valence-corrected chi connectivity index (χ4v) is 13.5. The van der Waals surface area contributed by atoms with Crippen molar-refractivity contribution in [1.29, 1.82) is 0 Å². The molecule has 0 aliphatic carbocycles. The SMILES string of the molecule is [2H]c1c([2H])c([2H])c(-c2cccc(-c3c([2H])c([2H])c([2H])c([2H])c3[2H])c2-[n+]2[c-]n(-c3[c-]c(Oc4[c-]c(-c5nc6ccccc6n5-c5c(C(C)C)cc(-c6ccccc6)cc5C(C)C)cc(C(C)(C)C)c4)cc4c3oc3ccccc34)c3ccc(-c4c(C(C)C)cc(-c5ccccc5)cc4C(C)C)cc32)c([2H])c1[2H].[Pt]. The second kappa shape index (κ2) is 26.1. The summed E-state index contributed by atoms with van der Waals surface area (Å²) in [4.78, 5) is 5.50. The third-order valence-electron chi connectivity index (χ3n) is 18.4. The molecule has 0 saturated carbocycles. The number of nitrogens with zero attached hydrogens (tertiary/aromatic N) is 4. The van der Waals surface area contributed by atoms with Crippen LogP contribution >= 0.6 is 0 Å². The van der Waals surface area contributed by atoms with Crippen LogP contribution in [0.2, 0.25) is 0 Å². The van der Waals surface area contributed by atoms with E-state index in [1.165, 1.54) is 11.1 Å². The van der Waals surface area contributed by atoms with Crippen molar-refractivity contribution in [3.63, 3.8) is 0 Å². The van der Waals surface area contributed by atoms with Crippen LogP contribution in [-0.4, -0.2) is 14.1 Å². The molecule has 3 heterocycles. The topological polar surface area (TPSA) is 49.0 Å². The number of imidazole rings is 2. The first-order valence-corrected chi connectivity index (χ1v) is 33.0. The Morgan fingerprint density at radius 1 is 0.495 bits per heavy atom. The summed E-state index contributed by atoms with van der Waals surface area (Å²) in [5.41, 5.74) is 17.1. The Morgan fingerprint density at radius 2 is 1.04 bits per heavy atom. The van der Waals surface area contributed by atoms with Gasteiger partial charge in [0, 0.05) is 49.2 Å². The van der Waals surface area contributed by atoms with E-state index in [4.69, 9.17) is 22.4 Å². The molecule has 0 aliphatic rings. The van der Waals surface area contributed by atoms with Gasteiger partial charge in [-0.2, -0.15) is 0 Å². The van der Waals surface area contributed by atoms with Crippen LogP contribution in [0.4, 0.5) is 0 Å². The molecule has 0 radical (unpaired) electrons. The molecule has 0 saturated heterocycles. The second-order valence-electron chi connectivity index (χ2n) is 27.1. The van der Waals surface area contributed by atoms with E-state index in [0.717, 1.165) is 72.2 Å². The second-order valence-corrected chi connectivity index (χ2v) is 27.1. The maximum absolute atomic E-state index is 9.57. The Balaban J connectivity index is 0.00000960. The summed E-state index contributed by atoms with van der Waals surface area (Å²) < 4.78 is 112. The number of hydrogen-bond acceptors (Lipinski definition) is 3. The Labute approximate surface area is 598 Å². The van der Waals surface area contributed by atoms with Gasteiger partial charge < -0.3 is 18.3 Å². The minimum atomic E-state index is -0.598. The Hall–Kier alpha value is -10.1. The predicted octanol–water partition coefficient (Wildman–Crippen LogP) is 24.1. The molecule has 0 N–H and O–H groups in total. The number of hydrogen-bond donors (Lipinski definition) is 0. The number of para-hydroxylation sites is 4. The quantitative estimate of drug-likeness (QED) is 0.0759. The molecular weight excluding hydrogens is 1360 g/mol. The molecule has 97 heavy (non-hydrogen) atoms. The van der Waals surface area contributed by atoms with E-state index < -0.39 is 65.8 Å². The first-order valence-electron chi connectivity index (χ1n) is 38.0. The summed E-state index contributed by atoms with van der Waals surface area (Å²) in [5, 5.41) is 1.46. The first kappa shape index (κ1) is 53.1. The molecule has 0 unspecified atom stereocenters. The van der Waals surface area contributed by atoms with Crippen LogP contribution in [-0.2, 0) is 26.5 Å². The molecule has 0 aliphatic heterocycles. The molecule has 6 nitrogen and oxygen atoms in total. The molecular formula is C90H78N4O2Pt-2. The maximum Gasteiger partial charge on any atom is 0.268 e. The molecule has 15 aromatic rings. The van der Waals surface area contributed by atoms with Gasteiger partial charge in [-0.25, -0.2) is 0 Å². The number of benzene rings is 12. The summed E-state index contributed by atoms with van der Waals surface area (Å²) in [6.07, 6.45) is 3.71. The largest absolute Gasteiger partial charge is 0.519 e. The van der Waals surface area contributed by atoms with E-state index in [1.54, 1.807) is 27.3 Å². The maximum atomic E-state index is 9.57. The third kappa shape index (κ3) is 11.9. The van der Waals surface area contributed by atoms with Gasteiger partial charge in [0.05, 0.1) is 47.3 Å². The van der Waals surface area contributed by atoms with Crippen LogP contribution in [0.15, 0.2) is 253 Å². The molecule has 15 rings (SSSR count). The predicted molar refractivity (Wildman–Crippen MR) is 397 cm³/mol. The van der Waals surface area contributed by atoms with Crippen LogP contribution in [0.25, 0.3) is 128 Å². The van der Waals surface area contributed by atoms with Crippen LogP contribution in [0.1, 0.15) is 141 Å². The number of aromatic nitrogens is 4. The smallest absolute Gasteiger partial charge is 0.268 e. The fourth-order valence-electron chi connectivity index (χ4n) is 13.5. The molecule has 0 fully saturated rings. The van der Waals surface area contributed by atoms with Crippen molar-refractivity contribution in [2.24, 2.45) is 0 Å². The average molecular weight is 1450 g/mol. The Bertz CT molecular complexity index is 5870. The van der Waals surface area contributed by atoms with Gasteiger partial charge in [0.1, 0.15) is 5.58 Å². The normalized spacial score (nSPS) is 13.4. The van der Waals surface area contributed by atoms with Crippen LogP contribution < -0.4 is 9.30 Å². The van der Waals surface area contributed by atoms with E-state index in [0.29, 0.717) is 50.4 Å². The van der Waals surface area contributed by atoms with Gasteiger partial charge in [0.25, 0.3) is 6.33 Å². The van der Waals surface area contributed by atoms with E-state index in [-0.39, 0.29) is 78.4 Å². The Morgan fingerprint density at radius 3 is 1.63 bits per heavy atom. The van der Waals surface area contributed by atoms with Crippen molar-refractivity contribution >= 4 is 44.0 Å². The summed E-state index contributed by atoms with van der Waals surface area (Å²) in [7, 11) is 0. The van der Waals surface area contributed by atoms with Gasteiger partial charge in [0.2, 0.25) is 0 Å². The molecule has 7 heteroatoms. The van der Waals surface area contributed by atoms with Gasteiger partial charge in [0.15, 0.2) is 0 Å². The first-order chi connectivity index (χ1) is 50.7. The van der Waals surface area contributed by atoms with Crippen molar-refractivity contribution < 1.29 is 48.5 Å². The van der Waals surface area contributed by atoms with E-state index in [1.807, 2.05) is 78.9 Å². The summed E-state index contributed by atoms with van der Waals surface area (Å²) >= 11 is 0. The number of ether oxygens (including phenoxy) is 1. The fraction of sp³-hybridized carbons (Fsp3) is 0.178. The van der Waals surface area contributed by atoms with Crippen molar-refractivity contribution in [1.82, 2.24) is 14.1 Å². The van der Waals surface area contributed by atoms with Crippen molar-refractivity contribution in [2.75, 3.05) is 0 Å². The molecule has 0 atom stereocenters. The van der Waals surface area contributed by atoms with Crippen molar-refractivity contribution in [3.8, 4) is 95.6 Å². The molecule has 3 aromatic heterocycles. The standard InChI is InChI=1S/C90H78N4O2.Pt/c1-56(2)74-47-65(60-29-16-12-17-30-60)48-75(57(3)4)85(74)64-43-44-81-82(51-64)93(86-71(62-33-20-14-21-34-62)38-28-39-72(86)63-35-22-15-23-36-63)55-92(81)83-54-70(53-78-73-37-24-27-42-84(73)96-88(78)83)95-69-46-67(45-68(52-69)90(9,10)11)89-91-79-40-25-26-41-80(79)94(89)87-76(58(5)6)49-66(50-77(87)59(7)8)61-31-18-13-19-32-61;/h12-45,47-53,56-59H,1-11H3;/q-2;/i14D,15D,20D,21D,22D,23D,33D,34D,35D,36D;. The van der Waals surface area contributed by atoms with Gasteiger partial charge >= 0.3 is 0 Å². The Kier molecular flexibility index (Phi) is 14.3. The summed E-state index contributed by atoms with van der Waals surface area (Å²) in [6, 6.07) is 64.9. The summed E-state index contributed by atoms with van der Waals surface area (Å²) in [5.74, 6) is 1.66. The van der Waals surface area contributed by atoms with Crippen LogP contribution in [0.5, 0.6) is 11.5 Å². The van der Waals surface area contributed by atoms with Gasteiger partial charge in [-0.15, -0.1) is 29.3 Å². The van der Waals surface area contributed by atoms with Gasteiger partial charge in [-0.3, -0.25) is 9.55 Å². The molecule has 482 valence electrons. The third-order valence-corrected chi connectivity index (χ3v) is 18.4. The van der Waals surface area contributed by atoms with Crippen LogP contribution in [0, 0.1) is 18.5 Å².